The van der Waals surface area contributed by atoms with E-state index in [-0.39, 0.29) is 11.9 Å². The molecule has 1 heterocycles. The molecule has 2 aromatic rings. The lowest BCUT2D eigenvalue weighted by molar-refractivity contribution is -0.125. The first-order valence-electron chi connectivity index (χ1n) is 9.02. The number of rotatable bonds is 7. The lowest BCUT2D eigenvalue weighted by Crippen LogP contribution is -2.43. The number of nitrogens with zero attached hydrogens (tertiary/aromatic N) is 1. The van der Waals surface area contributed by atoms with E-state index in [0.29, 0.717) is 11.6 Å². The van der Waals surface area contributed by atoms with Crippen molar-refractivity contribution in [3.8, 4) is 0 Å². The lowest BCUT2D eigenvalue weighted by atomic mass is 10.1. The highest BCUT2D eigenvalue weighted by Crippen LogP contribution is 2.19. The van der Waals surface area contributed by atoms with E-state index in [2.05, 4.69) is 34.5 Å². The molecule has 1 atom stereocenters. The van der Waals surface area contributed by atoms with Crippen molar-refractivity contribution in [2.45, 2.75) is 38.3 Å². The van der Waals surface area contributed by atoms with E-state index >= 15 is 0 Å². The molecule has 1 saturated heterocycles. The van der Waals surface area contributed by atoms with Crippen molar-refractivity contribution in [3.63, 3.8) is 0 Å². The maximum atomic E-state index is 12.6. The zero-order valence-electron chi connectivity index (χ0n) is 14.5. The van der Waals surface area contributed by atoms with Crippen molar-refractivity contribution >= 4 is 17.5 Å². The van der Waals surface area contributed by atoms with Crippen LogP contribution in [0.4, 0.5) is 0 Å². The highest BCUT2D eigenvalue weighted by Gasteiger charge is 2.29. The summed E-state index contributed by atoms with van der Waals surface area (Å²) < 4.78 is 0. The Kier molecular flexibility index (Phi) is 6.48. The number of carbonyl (C=O) groups excluding carboxylic acids is 1. The summed E-state index contributed by atoms with van der Waals surface area (Å²) in [6.45, 7) is 2.53. The molecule has 3 nitrogen and oxygen atoms in total. The van der Waals surface area contributed by atoms with Gasteiger partial charge in [0.2, 0.25) is 5.91 Å². The molecular weight excluding hydrogens is 332 g/mol. The minimum absolute atomic E-state index is 0.00922. The predicted octanol–water partition coefficient (Wildman–Crippen LogP) is 4.05. The van der Waals surface area contributed by atoms with Crippen LogP contribution >= 0.6 is 11.6 Å². The average molecular weight is 357 g/mol. The van der Waals surface area contributed by atoms with Gasteiger partial charge in [0.1, 0.15) is 0 Å². The SMILES string of the molecule is O=C(NCc1cccc(Cl)c1)[C@@H]1CCCN1CCCc1ccccc1. The predicted molar refractivity (Wildman–Crippen MR) is 103 cm³/mol. The van der Waals surface area contributed by atoms with Crippen LogP contribution in [0.5, 0.6) is 0 Å². The van der Waals surface area contributed by atoms with E-state index < -0.39 is 0 Å². The first-order chi connectivity index (χ1) is 12.2. The summed E-state index contributed by atoms with van der Waals surface area (Å²) in [5, 5.41) is 3.77. The lowest BCUT2D eigenvalue weighted by Gasteiger charge is -2.23. The van der Waals surface area contributed by atoms with Gasteiger partial charge in [0.25, 0.3) is 0 Å². The zero-order chi connectivity index (χ0) is 17.5. The number of hydrogen-bond donors (Lipinski definition) is 1. The fraction of sp³-hybridized carbons (Fsp3) is 0.381. The van der Waals surface area contributed by atoms with Crippen molar-refractivity contribution in [1.82, 2.24) is 10.2 Å². The molecule has 0 aliphatic carbocycles. The van der Waals surface area contributed by atoms with Crippen LogP contribution in [0, 0.1) is 0 Å². The van der Waals surface area contributed by atoms with Crippen LogP contribution < -0.4 is 5.32 Å². The number of nitrogens with one attached hydrogen (secondary N) is 1. The molecule has 0 saturated carbocycles. The monoisotopic (exact) mass is 356 g/mol. The molecule has 25 heavy (non-hydrogen) atoms. The van der Waals surface area contributed by atoms with Crippen LogP contribution in [-0.4, -0.2) is 29.9 Å². The van der Waals surface area contributed by atoms with Gasteiger partial charge in [-0.3, -0.25) is 9.69 Å². The third-order valence-corrected chi connectivity index (χ3v) is 5.01. The Bertz CT molecular complexity index is 689. The van der Waals surface area contributed by atoms with Crippen molar-refractivity contribution in [2.24, 2.45) is 0 Å². The Balaban J connectivity index is 1.46. The number of carbonyl (C=O) groups is 1. The van der Waals surface area contributed by atoms with Crippen LogP contribution in [0.1, 0.15) is 30.4 Å². The number of benzene rings is 2. The molecule has 2 aromatic carbocycles. The first kappa shape index (κ1) is 18.0. The molecule has 1 aliphatic heterocycles. The molecule has 0 radical (unpaired) electrons. The van der Waals surface area contributed by atoms with Crippen molar-refractivity contribution < 1.29 is 4.79 Å². The van der Waals surface area contributed by atoms with Crippen LogP contribution in [0.2, 0.25) is 5.02 Å². The summed E-state index contributed by atoms with van der Waals surface area (Å²) in [5.74, 6) is 0.136. The second-order valence-corrected chi connectivity index (χ2v) is 7.07. The Morgan fingerprint density at radius 1 is 1.12 bits per heavy atom. The summed E-state index contributed by atoms with van der Waals surface area (Å²) >= 11 is 6.00. The largest absolute Gasteiger partial charge is 0.351 e. The van der Waals surface area contributed by atoms with Gasteiger partial charge >= 0.3 is 0 Å². The van der Waals surface area contributed by atoms with Crippen LogP contribution in [-0.2, 0) is 17.8 Å². The van der Waals surface area contributed by atoms with Crippen LogP contribution in [0.15, 0.2) is 54.6 Å². The fourth-order valence-corrected chi connectivity index (χ4v) is 3.69. The van der Waals surface area contributed by atoms with Gasteiger partial charge in [0, 0.05) is 11.6 Å². The second-order valence-electron chi connectivity index (χ2n) is 6.63. The minimum atomic E-state index is 0.00922. The number of halogens is 1. The van der Waals surface area contributed by atoms with Gasteiger partial charge in [-0.05, 0) is 62.0 Å². The maximum absolute atomic E-state index is 12.6. The second kappa shape index (κ2) is 9.02. The minimum Gasteiger partial charge on any atom is -0.351 e. The Morgan fingerprint density at radius 2 is 1.92 bits per heavy atom. The summed E-state index contributed by atoms with van der Waals surface area (Å²) in [6.07, 6.45) is 4.20. The molecule has 0 bridgehead atoms. The highest BCUT2D eigenvalue weighted by molar-refractivity contribution is 6.30. The molecule has 0 aromatic heterocycles. The molecule has 0 unspecified atom stereocenters. The van der Waals surface area contributed by atoms with E-state index in [4.69, 9.17) is 11.6 Å². The maximum Gasteiger partial charge on any atom is 0.237 e. The molecule has 3 rings (SSSR count). The fourth-order valence-electron chi connectivity index (χ4n) is 3.48. The first-order valence-corrected chi connectivity index (χ1v) is 9.40. The topological polar surface area (TPSA) is 32.3 Å². The molecule has 132 valence electrons. The van der Waals surface area contributed by atoms with Crippen molar-refractivity contribution in [3.05, 3.63) is 70.7 Å². The van der Waals surface area contributed by atoms with E-state index in [0.717, 1.165) is 44.3 Å². The highest BCUT2D eigenvalue weighted by atomic mass is 35.5. The Morgan fingerprint density at radius 3 is 2.72 bits per heavy atom. The summed E-state index contributed by atoms with van der Waals surface area (Å²) in [5.41, 5.74) is 2.40. The van der Waals surface area contributed by atoms with Gasteiger partial charge < -0.3 is 5.32 Å². The molecule has 1 fully saturated rings. The van der Waals surface area contributed by atoms with Crippen LogP contribution in [0.3, 0.4) is 0 Å². The molecular formula is C21H25ClN2O. The molecule has 1 aliphatic rings. The number of likely N-dealkylation sites (tertiary alicyclic amines) is 1. The average Bonchev–Trinajstić information content (AvgIpc) is 3.09. The third-order valence-electron chi connectivity index (χ3n) is 4.78. The van der Waals surface area contributed by atoms with E-state index in [1.165, 1.54) is 5.56 Å². The summed E-state index contributed by atoms with van der Waals surface area (Å²) in [6, 6.07) is 18.2. The van der Waals surface area contributed by atoms with E-state index in [1.807, 2.05) is 30.3 Å². The van der Waals surface area contributed by atoms with Gasteiger partial charge in [0.05, 0.1) is 6.04 Å². The Labute approximate surface area is 155 Å². The van der Waals surface area contributed by atoms with E-state index in [1.54, 1.807) is 0 Å². The third kappa shape index (κ3) is 5.32. The standard InChI is InChI=1S/C21H25ClN2O/c22-19-11-4-9-18(15-19)16-23-21(25)20-12-6-14-24(20)13-5-10-17-7-2-1-3-8-17/h1-4,7-9,11,15,20H,5-6,10,12-14,16H2,(H,23,25)/t20-/m0/s1. The zero-order valence-corrected chi connectivity index (χ0v) is 15.2. The molecule has 0 spiro atoms. The van der Waals surface area contributed by atoms with E-state index in [9.17, 15) is 4.79 Å². The summed E-state index contributed by atoms with van der Waals surface area (Å²) in [4.78, 5) is 14.9. The Hall–Kier alpha value is -1.84. The van der Waals surface area contributed by atoms with Gasteiger partial charge in [-0.1, -0.05) is 54.1 Å². The summed E-state index contributed by atoms with van der Waals surface area (Å²) in [7, 11) is 0. The number of hydrogen-bond acceptors (Lipinski definition) is 2. The van der Waals surface area contributed by atoms with Crippen LogP contribution in [0.25, 0.3) is 0 Å². The quantitative estimate of drug-likeness (QED) is 0.811. The van der Waals surface area contributed by atoms with Gasteiger partial charge in [-0.2, -0.15) is 0 Å². The van der Waals surface area contributed by atoms with Gasteiger partial charge in [-0.25, -0.2) is 0 Å². The van der Waals surface area contributed by atoms with Crippen molar-refractivity contribution in [1.29, 1.82) is 0 Å². The van der Waals surface area contributed by atoms with Crippen molar-refractivity contribution in [2.75, 3.05) is 13.1 Å². The smallest absolute Gasteiger partial charge is 0.237 e. The number of amides is 1. The molecule has 1 N–H and O–H groups in total. The number of aryl methyl sites for hydroxylation is 1. The van der Waals surface area contributed by atoms with Gasteiger partial charge in [0.15, 0.2) is 0 Å². The van der Waals surface area contributed by atoms with Gasteiger partial charge in [-0.15, -0.1) is 0 Å². The molecule has 1 amide bonds. The normalized spacial score (nSPS) is 17.6. The molecule has 4 heteroatoms.